The molecule has 21 heavy (non-hydrogen) atoms. The van der Waals surface area contributed by atoms with E-state index < -0.39 is 12.1 Å². The highest BCUT2D eigenvalue weighted by Crippen LogP contribution is 2.31. The molecular weight excluding hydrogens is 291 g/mol. The van der Waals surface area contributed by atoms with Crippen molar-refractivity contribution in [2.24, 2.45) is 20.5 Å². The maximum Gasteiger partial charge on any atom is 0.430 e. The molecule has 0 saturated heterocycles. The van der Waals surface area contributed by atoms with Crippen LogP contribution in [-0.2, 0) is 4.79 Å². The van der Waals surface area contributed by atoms with E-state index in [-0.39, 0.29) is 11.3 Å². The van der Waals surface area contributed by atoms with Gasteiger partial charge in [-0.05, 0) is 20.3 Å². The van der Waals surface area contributed by atoms with E-state index in [9.17, 15) is 13.2 Å². The molecule has 2 aliphatic heterocycles. The molecule has 0 amide bonds. The maximum absolute atomic E-state index is 10.5. The van der Waals surface area contributed by atoms with Crippen LogP contribution in [0.3, 0.4) is 0 Å². The van der Waals surface area contributed by atoms with Crippen molar-refractivity contribution in [3.8, 4) is 0 Å². The van der Waals surface area contributed by atoms with Gasteiger partial charge >= 0.3 is 6.18 Å². The lowest BCUT2D eigenvalue weighted by molar-refractivity contribution is -0.369. The Labute approximate surface area is 120 Å². The predicted molar refractivity (Wildman–Crippen MR) is 64.9 cm³/mol. The molecule has 0 aliphatic carbocycles. The number of carboxylic acid groups (broad SMARTS) is 1. The second-order valence-corrected chi connectivity index (χ2v) is 4.97. The van der Waals surface area contributed by atoms with E-state index in [1.807, 2.05) is 6.92 Å². The zero-order valence-corrected chi connectivity index (χ0v) is 12.3. The van der Waals surface area contributed by atoms with Crippen LogP contribution in [0.4, 0.5) is 13.2 Å². The molecule has 0 spiro atoms. The Hall–Kier alpha value is -1.58. The van der Waals surface area contributed by atoms with Crippen LogP contribution in [0.15, 0.2) is 20.5 Å². The molecule has 0 bridgehead atoms. The molecule has 7 nitrogen and oxygen atoms in total. The largest absolute Gasteiger partial charge is 0.542 e. The van der Waals surface area contributed by atoms with Gasteiger partial charge in [0.25, 0.3) is 0 Å². The Bertz CT molecular complexity index is 371. The summed E-state index contributed by atoms with van der Waals surface area (Å²) >= 11 is 0. The summed E-state index contributed by atoms with van der Waals surface area (Å²) in [6, 6.07) is 0. The number of aliphatic carboxylic acids is 1. The minimum absolute atomic E-state index is 0.0122. The summed E-state index contributed by atoms with van der Waals surface area (Å²) in [5, 5.41) is 24.1. The average molecular weight is 311 g/mol. The molecule has 0 unspecified atom stereocenters. The number of carbonyl (C=O) groups is 1. The molecule has 0 atom stereocenters. The topological polar surface area (TPSA) is 117 Å². The predicted octanol–water partition coefficient (Wildman–Crippen LogP) is 1.07. The third-order valence-corrected chi connectivity index (χ3v) is 2.49. The Morgan fingerprint density at radius 1 is 1.10 bits per heavy atom. The van der Waals surface area contributed by atoms with E-state index in [0.29, 0.717) is 0 Å². The summed E-state index contributed by atoms with van der Waals surface area (Å²) in [4.78, 5) is 8.78. The van der Waals surface area contributed by atoms with E-state index in [1.54, 1.807) is 0 Å². The number of rotatable bonds is 4. The molecule has 0 radical (unpaired) electrons. The fraction of sp³-hybridized carbons (Fsp3) is 0.909. The van der Waals surface area contributed by atoms with Gasteiger partial charge in [-0.2, -0.15) is 33.6 Å². The third-order valence-electron chi connectivity index (χ3n) is 2.49. The van der Waals surface area contributed by atoms with Gasteiger partial charge < -0.3 is 15.6 Å². The van der Waals surface area contributed by atoms with Crippen molar-refractivity contribution in [1.29, 1.82) is 0 Å². The third kappa shape index (κ3) is 9.88. The first-order chi connectivity index (χ1) is 9.48. The summed E-state index contributed by atoms with van der Waals surface area (Å²) in [7, 11) is 0. The second-order valence-electron chi connectivity index (χ2n) is 4.97. The molecule has 122 valence electrons. The number of nitrogens with zero attached hydrogens (tertiary/aromatic N) is 4. The van der Waals surface area contributed by atoms with Crippen molar-refractivity contribution < 1.29 is 28.8 Å². The number of alkyl halides is 3. The minimum atomic E-state index is -5.19. The van der Waals surface area contributed by atoms with Crippen molar-refractivity contribution in [3.63, 3.8) is 0 Å². The molecule has 2 aliphatic rings. The molecule has 0 aromatic heterocycles. The number of halogens is 3. The van der Waals surface area contributed by atoms with E-state index in [4.69, 9.17) is 9.90 Å². The molecule has 2 heterocycles. The number of quaternary nitrogens is 1. The van der Waals surface area contributed by atoms with E-state index in [1.165, 1.54) is 6.42 Å². The molecule has 0 saturated carbocycles. The molecule has 0 aromatic carbocycles. The molecule has 3 N–H and O–H groups in total. The van der Waals surface area contributed by atoms with Gasteiger partial charge in [0, 0.05) is 6.42 Å². The normalized spacial score (nSPS) is 18.8. The van der Waals surface area contributed by atoms with Crippen LogP contribution < -0.4 is 10.8 Å². The van der Waals surface area contributed by atoms with Gasteiger partial charge in [-0.15, -0.1) is 0 Å². The zero-order chi connectivity index (χ0) is 16.7. The lowest BCUT2D eigenvalue weighted by Gasteiger charge is -2.03. The van der Waals surface area contributed by atoms with Gasteiger partial charge in [-0.3, -0.25) is 0 Å². The minimum Gasteiger partial charge on any atom is -0.542 e. The van der Waals surface area contributed by atoms with Crippen LogP contribution in [0, 0.1) is 0 Å². The Morgan fingerprint density at radius 3 is 1.52 bits per heavy atom. The van der Waals surface area contributed by atoms with Gasteiger partial charge in [0.15, 0.2) is 11.3 Å². The van der Waals surface area contributed by atoms with E-state index in [0.717, 1.165) is 19.4 Å². The zero-order valence-electron chi connectivity index (χ0n) is 12.3. The van der Waals surface area contributed by atoms with Gasteiger partial charge in [-0.1, -0.05) is 13.3 Å². The van der Waals surface area contributed by atoms with E-state index in [2.05, 4.69) is 40.0 Å². The summed E-state index contributed by atoms with van der Waals surface area (Å²) in [6.45, 7) is 7.15. The van der Waals surface area contributed by atoms with Crippen LogP contribution in [0.1, 0.15) is 40.0 Å². The Balaban J connectivity index is 0.000000286. The number of hydrogen-bond donors (Lipinski definition) is 1. The van der Waals surface area contributed by atoms with Gasteiger partial charge in [0.1, 0.15) is 5.97 Å². The van der Waals surface area contributed by atoms with Gasteiger partial charge in [-0.25, -0.2) is 0 Å². The van der Waals surface area contributed by atoms with Crippen LogP contribution in [0.2, 0.25) is 0 Å². The summed E-state index contributed by atoms with van der Waals surface area (Å²) in [5.74, 6) is -3.01. The van der Waals surface area contributed by atoms with Crippen LogP contribution in [0.25, 0.3) is 0 Å². The highest BCUT2D eigenvalue weighted by molar-refractivity contribution is 5.70. The van der Waals surface area contributed by atoms with Gasteiger partial charge in [0.05, 0.1) is 6.54 Å². The molecule has 2 rings (SSSR count). The van der Waals surface area contributed by atoms with Crippen LogP contribution in [0.5, 0.6) is 0 Å². The highest BCUT2D eigenvalue weighted by atomic mass is 19.4. The monoisotopic (exact) mass is 311 g/mol. The Kier molecular flexibility index (Phi) is 6.88. The quantitative estimate of drug-likeness (QED) is 0.835. The van der Waals surface area contributed by atoms with Gasteiger partial charge in [0.2, 0.25) is 0 Å². The number of carbonyl (C=O) groups excluding carboxylic acids is 1. The first kappa shape index (κ1) is 19.4. The summed E-state index contributed by atoms with van der Waals surface area (Å²) < 4.78 is 31.5. The molecular formula is C11H20F3N5O2. The fourth-order valence-corrected chi connectivity index (χ4v) is 1.18. The van der Waals surface area contributed by atoms with Crippen LogP contribution >= 0.6 is 0 Å². The average Bonchev–Trinajstić information content (AvgIpc) is 3.22. The highest BCUT2D eigenvalue weighted by Gasteiger charge is 2.33. The molecule has 0 fully saturated rings. The second kappa shape index (κ2) is 7.43. The lowest BCUT2D eigenvalue weighted by atomic mass is 10.1. The summed E-state index contributed by atoms with van der Waals surface area (Å²) in [5.41, 5.74) is 3.73. The molecule has 10 heteroatoms. The Morgan fingerprint density at radius 2 is 1.43 bits per heavy atom. The van der Waals surface area contributed by atoms with Crippen molar-refractivity contribution in [1.82, 2.24) is 0 Å². The van der Waals surface area contributed by atoms with Crippen LogP contribution in [-0.4, -0.2) is 30.0 Å². The van der Waals surface area contributed by atoms with Crippen molar-refractivity contribution in [2.75, 3.05) is 6.54 Å². The first-order valence-electron chi connectivity index (χ1n) is 6.43. The number of hydrogen-bond acceptors (Lipinski definition) is 6. The lowest BCUT2D eigenvalue weighted by Crippen LogP contribution is -2.51. The SMILES string of the molecule is CC1(CC[NH3+])N=N1.CCCC1(C)N=N1.O=C([O-])C(F)(F)F. The van der Waals surface area contributed by atoms with Crippen molar-refractivity contribution >= 4 is 5.97 Å². The maximum atomic E-state index is 10.5. The number of carboxylic acids is 1. The standard InChI is InChI=1S/C5H10N2.C4H9N3.C2HF3O2/c1-3-4-5(2)6-7-5;1-4(2-3-5)6-7-4;3-2(4,5)1(6)7/h3-4H2,1-2H3;2-3,5H2,1H3;(H,6,7). The summed E-state index contributed by atoms with van der Waals surface area (Å²) in [6.07, 6.45) is -1.89. The van der Waals surface area contributed by atoms with Crippen molar-refractivity contribution in [3.05, 3.63) is 0 Å². The van der Waals surface area contributed by atoms with E-state index >= 15 is 0 Å². The smallest absolute Gasteiger partial charge is 0.430 e. The fourth-order valence-electron chi connectivity index (χ4n) is 1.18. The first-order valence-corrected chi connectivity index (χ1v) is 6.43. The van der Waals surface area contributed by atoms with Crippen molar-refractivity contribution in [2.45, 2.75) is 57.5 Å². The molecule has 0 aromatic rings.